The summed E-state index contributed by atoms with van der Waals surface area (Å²) in [6, 6.07) is 20.5. The van der Waals surface area contributed by atoms with Crippen molar-refractivity contribution in [3.8, 4) is 34.3 Å². The fourth-order valence-corrected chi connectivity index (χ4v) is 8.08. The summed E-state index contributed by atoms with van der Waals surface area (Å²) in [6.07, 6.45) is 8.31. The van der Waals surface area contributed by atoms with Gasteiger partial charge in [-0.05, 0) is 90.2 Å². The van der Waals surface area contributed by atoms with Crippen LogP contribution in [-0.2, 0) is 17.9 Å². The third-order valence-corrected chi connectivity index (χ3v) is 11.4. The van der Waals surface area contributed by atoms with Crippen molar-refractivity contribution in [3.63, 3.8) is 0 Å². The number of carbonyl (C=O) groups excluding carboxylic acids is 1. The second kappa shape index (κ2) is 15.6. The van der Waals surface area contributed by atoms with Crippen LogP contribution in [0.2, 0.25) is 0 Å². The number of nitrogens with zero attached hydrogens (tertiary/aromatic N) is 7. The van der Waals surface area contributed by atoms with Gasteiger partial charge in [-0.1, -0.05) is 26.0 Å². The molecule has 6 heterocycles. The van der Waals surface area contributed by atoms with E-state index in [0.717, 1.165) is 89.7 Å². The van der Waals surface area contributed by atoms with Crippen LogP contribution in [0.25, 0.3) is 50.5 Å². The van der Waals surface area contributed by atoms with Gasteiger partial charge in [-0.15, -0.1) is 0 Å². The summed E-state index contributed by atoms with van der Waals surface area (Å²) in [5, 5.41) is 29.6. The number of rotatable bonds is 10. The van der Waals surface area contributed by atoms with Crippen LogP contribution in [0.1, 0.15) is 48.4 Å². The fourth-order valence-electron chi connectivity index (χ4n) is 8.08. The number of carbonyl (C=O) groups is 1. The van der Waals surface area contributed by atoms with Crippen LogP contribution in [-0.4, -0.2) is 101 Å². The number of hydrogen-bond acceptors (Lipinski definition) is 10. The van der Waals surface area contributed by atoms with Gasteiger partial charge in [-0.25, -0.2) is 24.2 Å². The SMILES string of the molecule is CC(C)c1cc(-c2n[nH]c(=O)n2-c2ccc(CN3CCN(CCCN(C)C(=O)Oc4ccc5nc6c(cc5c4)cn4cc5c(cc64)C=COC5)CC3)cc2)c(O)cc1O. The van der Waals surface area contributed by atoms with Crippen molar-refractivity contribution in [2.24, 2.45) is 0 Å². The van der Waals surface area contributed by atoms with Crippen LogP contribution < -0.4 is 10.4 Å². The summed E-state index contributed by atoms with van der Waals surface area (Å²) in [5.41, 5.74) is 7.39. The van der Waals surface area contributed by atoms with E-state index in [-0.39, 0.29) is 23.2 Å². The Balaban J connectivity index is 0.752. The third kappa shape index (κ3) is 7.59. The number of ether oxygens (including phenoxy) is 2. The number of nitrogens with one attached hydrogen (secondary N) is 1. The molecule has 0 spiro atoms. The maximum absolute atomic E-state index is 13.1. The molecule has 7 aromatic rings. The van der Waals surface area contributed by atoms with Gasteiger partial charge < -0.3 is 33.9 Å². The van der Waals surface area contributed by atoms with Crippen LogP contribution in [0.5, 0.6) is 17.2 Å². The van der Waals surface area contributed by atoms with Gasteiger partial charge in [-0.2, -0.15) is 5.10 Å². The molecule has 59 heavy (non-hydrogen) atoms. The summed E-state index contributed by atoms with van der Waals surface area (Å²) in [6.45, 7) is 10.4. The highest BCUT2D eigenvalue weighted by Crippen LogP contribution is 2.37. The normalized spacial score (nSPS) is 14.6. The average molecular weight is 795 g/mol. The molecular weight excluding hydrogens is 749 g/mol. The molecule has 2 aliphatic heterocycles. The van der Waals surface area contributed by atoms with Crippen LogP contribution in [0.15, 0.2) is 90.2 Å². The molecule has 0 bridgehead atoms. The molecule has 0 unspecified atom stereocenters. The zero-order chi connectivity index (χ0) is 40.8. The number of amides is 1. The van der Waals surface area contributed by atoms with Gasteiger partial charge >= 0.3 is 11.8 Å². The van der Waals surface area contributed by atoms with Crippen molar-refractivity contribution in [2.75, 3.05) is 46.3 Å². The van der Waals surface area contributed by atoms with Crippen molar-refractivity contribution < 1.29 is 24.5 Å². The molecule has 1 fully saturated rings. The summed E-state index contributed by atoms with van der Waals surface area (Å²) in [5.74, 6) is 0.602. The molecule has 4 aromatic heterocycles. The molecule has 1 amide bonds. The Labute approximate surface area is 340 Å². The summed E-state index contributed by atoms with van der Waals surface area (Å²) in [7, 11) is 1.77. The first-order valence-electron chi connectivity index (χ1n) is 19.9. The zero-order valence-corrected chi connectivity index (χ0v) is 33.3. The molecule has 3 aromatic carbocycles. The summed E-state index contributed by atoms with van der Waals surface area (Å²) < 4.78 is 14.8. The van der Waals surface area contributed by atoms with Crippen molar-refractivity contribution in [1.82, 2.24) is 38.8 Å². The van der Waals surface area contributed by atoms with Crippen molar-refractivity contribution in [1.29, 1.82) is 0 Å². The van der Waals surface area contributed by atoms with E-state index < -0.39 is 11.8 Å². The van der Waals surface area contributed by atoms with E-state index in [0.29, 0.717) is 35.7 Å². The molecule has 0 atom stereocenters. The number of aromatic nitrogens is 5. The molecule has 0 aliphatic carbocycles. The highest BCUT2D eigenvalue weighted by Gasteiger charge is 2.22. The van der Waals surface area contributed by atoms with Crippen LogP contribution in [0.4, 0.5) is 4.79 Å². The standard InChI is InChI=1S/C45H46N8O6/c1-28(2)36-22-37(41(55)23-40(36)54)43-47-48-44(56)53(43)34-7-5-29(6-8-34)24-51-16-14-50(15-17-51)13-4-12-49(3)45(57)59-35-9-10-38-31(20-35)19-32-25-52-26-33-27-58-18-11-30(33)21-39(52)42(32)46-38/h5-11,18-23,25-26,28,54-55H,4,12-17,24,27H2,1-3H3,(H,48,56). The second-order valence-electron chi connectivity index (χ2n) is 15.8. The minimum atomic E-state index is -0.422. The number of phenols is 2. The van der Waals surface area contributed by atoms with Gasteiger partial charge in [0.15, 0.2) is 5.82 Å². The number of aromatic hydroxyl groups is 2. The number of benzene rings is 3. The number of hydrogen-bond donors (Lipinski definition) is 3. The van der Waals surface area contributed by atoms with E-state index in [4.69, 9.17) is 14.5 Å². The number of aromatic amines is 1. The molecule has 3 N–H and O–H groups in total. The maximum atomic E-state index is 13.1. The van der Waals surface area contributed by atoms with E-state index in [1.54, 1.807) is 30.3 Å². The first kappa shape index (κ1) is 37.9. The molecule has 14 nitrogen and oxygen atoms in total. The largest absolute Gasteiger partial charge is 0.508 e. The maximum Gasteiger partial charge on any atom is 0.414 e. The fraction of sp³-hybridized carbons (Fsp3) is 0.289. The highest BCUT2D eigenvalue weighted by atomic mass is 16.6. The highest BCUT2D eigenvalue weighted by molar-refractivity contribution is 6.01. The Morgan fingerprint density at radius 3 is 2.54 bits per heavy atom. The van der Waals surface area contributed by atoms with Gasteiger partial charge in [-0.3, -0.25) is 4.90 Å². The Hall–Kier alpha value is -6.64. The van der Waals surface area contributed by atoms with Crippen LogP contribution >= 0.6 is 0 Å². The van der Waals surface area contributed by atoms with E-state index in [2.05, 4.69) is 48.9 Å². The summed E-state index contributed by atoms with van der Waals surface area (Å²) in [4.78, 5) is 37.3. The predicted octanol–water partition coefficient (Wildman–Crippen LogP) is 6.86. The van der Waals surface area contributed by atoms with Gasteiger partial charge in [0.2, 0.25) is 0 Å². The third-order valence-electron chi connectivity index (χ3n) is 11.4. The topological polar surface area (TPSA) is 154 Å². The van der Waals surface area contributed by atoms with Crippen molar-refractivity contribution in [3.05, 3.63) is 118 Å². The van der Waals surface area contributed by atoms with Crippen LogP contribution in [0, 0.1) is 0 Å². The van der Waals surface area contributed by atoms with E-state index in [1.807, 2.05) is 56.3 Å². The van der Waals surface area contributed by atoms with E-state index >= 15 is 0 Å². The van der Waals surface area contributed by atoms with Gasteiger partial charge in [0, 0.05) is 81.1 Å². The number of pyridine rings is 2. The lowest BCUT2D eigenvalue weighted by Crippen LogP contribution is -2.46. The number of phenolic OH excluding ortho intramolecular Hbond substituents is 2. The Bertz CT molecular complexity index is 2800. The number of H-pyrrole nitrogens is 1. The van der Waals surface area contributed by atoms with Crippen molar-refractivity contribution in [2.45, 2.75) is 39.3 Å². The minimum Gasteiger partial charge on any atom is -0.508 e. The molecule has 1 saturated heterocycles. The molecule has 0 radical (unpaired) electrons. The zero-order valence-electron chi connectivity index (χ0n) is 33.3. The molecule has 9 rings (SSSR count). The molecule has 14 heteroatoms. The lowest BCUT2D eigenvalue weighted by atomic mass is 9.98. The second-order valence-corrected chi connectivity index (χ2v) is 15.8. The van der Waals surface area contributed by atoms with Gasteiger partial charge in [0.1, 0.15) is 23.9 Å². The molecule has 0 saturated carbocycles. The van der Waals surface area contributed by atoms with Gasteiger partial charge in [0.05, 0.1) is 34.1 Å². The molecule has 2 aliphatic rings. The Morgan fingerprint density at radius 1 is 0.949 bits per heavy atom. The van der Waals surface area contributed by atoms with E-state index in [9.17, 15) is 19.8 Å². The predicted molar refractivity (Wildman–Crippen MR) is 226 cm³/mol. The van der Waals surface area contributed by atoms with Crippen LogP contribution in [0.3, 0.4) is 0 Å². The number of piperazine rings is 1. The van der Waals surface area contributed by atoms with Gasteiger partial charge in [0.25, 0.3) is 0 Å². The molecular formula is C45H46N8O6. The Kier molecular flexibility index (Phi) is 10.0. The quantitative estimate of drug-likeness (QED) is 0.134. The first-order chi connectivity index (χ1) is 28.6. The first-order valence-corrected chi connectivity index (χ1v) is 19.9. The Morgan fingerprint density at radius 2 is 1.75 bits per heavy atom. The summed E-state index contributed by atoms with van der Waals surface area (Å²) >= 11 is 0. The number of fused-ring (bicyclic) bond motifs is 5. The minimum absolute atomic E-state index is 0.00110. The van der Waals surface area contributed by atoms with E-state index in [1.165, 1.54) is 10.6 Å². The van der Waals surface area contributed by atoms with Crippen molar-refractivity contribution >= 4 is 39.5 Å². The monoisotopic (exact) mass is 794 g/mol. The lowest BCUT2D eigenvalue weighted by molar-refractivity contribution is 0.121. The average Bonchev–Trinajstić information content (AvgIpc) is 3.78. The smallest absolute Gasteiger partial charge is 0.414 e. The lowest BCUT2D eigenvalue weighted by Gasteiger charge is -2.35. The molecule has 302 valence electrons.